The van der Waals surface area contributed by atoms with Gasteiger partial charge in [0.1, 0.15) is 39.2 Å². The van der Waals surface area contributed by atoms with E-state index >= 15 is 0 Å². The molecule has 0 heterocycles. The first-order valence-electron chi connectivity index (χ1n) is 12.7. The summed E-state index contributed by atoms with van der Waals surface area (Å²) in [7, 11) is 11.2. The summed E-state index contributed by atoms with van der Waals surface area (Å²) in [6.07, 6.45) is 0. The van der Waals surface area contributed by atoms with Gasteiger partial charge in [-0.15, -0.1) is 5.46 Å². The highest BCUT2D eigenvalue weighted by Gasteiger charge is 2.20. The molecule has 0 unspecified atom stereocenters. The number of hydrogen-bond donors (Lipinski definition) is 0. The lowest BCUT2D eigenvalue weighted by Gasteiger charge is -2.32. The first kappa shape index (κ1) is 25.2. The van der Waals surface area contributed by atoms with E-state index in [1.807, 2.05) is 12.1 Å². The molecule has 0 saturated heterocycles. The minimum atomic E-state index is 0.751. The summed E-state index contributed by atoms with van der Waals surface area (Å²) in [5.41, 5.74) is 15.0. The van der Waals surface area contributed by atoms with Crippen molar-refractivity contribution < 1.29 is 0 Å². The Balaban J connectivity index is 1.64. The van der Waals surface area contributed by atoms with Gasteiger partial charge in [-0.05, 0) is 58.7 Å². The van der Waals surface area contributed by atoms with Crippen molar-refractivity contribution in [3.63, 3.8) is 0 Å². The summed E-state index contributed by atoms with van der Waals surface area (Å²) in [5, 5.41) is 0.751. The van der Waals surface area contributed by atoms with Crippen molar-refractivity contribution in [3.8, 4) is 22.3 Å². The maximum absolute atomic E-state index is 6.11. The fourth-order valence-electron chi connectivity index (χ4n) is 5.10. The largest absolute Gasteiger partial charge is 0.312 e. The molecule has 0 saturated carbocycles. The zero-order valence-electron chi connectivity index (χ0n) is 22.1. The third-order valence-corrected chi connectivity index (χ3v) is 7.97. The quantitative estimate of drug-likeness (QED) is 0.323. The van der Waals surface area contributed by atoms with Gasteiger partial charge >= 0.3 is 0 Å². The lowest BCUT2D eigenvalue weighted by Crippen LogP contribution is -2.56. The summed E-state index contributed by atoms with van der Waals surface area (Å²) in [4.78, 5) is 2.41. The van der Waals surface area contributed by atoms with Crippen LogP contribution in [0, 0.1) is 0 Å². The van der Waals surface area contributed by atoms with Crippen LogP contribution in [-0.2, 0) is 0 Å². The number of hydrogen-bond acceptors (Lipinski definition) is 1. The molecular weight excluding hydrogens is 464 g/mol. The van der Waals surface area contributed by atoms with Crippen molar-refractivity contribution in [2.45, 2.75) is 0 Å². The summed E-state index contributed by atoms with van der Waals surface area (Å²) >= 11 is 6.11. The van der Waals surface area contributed by atoms with Crippen molar-refractivity contribution in [3.05, 3.63) is 108 Å². The molecule has 0 spiro atoms. The number of halogens is 1. The summed E-state index contributed by atoms with van der Waals surface area (Å²) < 4.78 is 0. The van der Waals surface area contributed by atoms with Crippen LogP contribution in [0.2, 0.25) is 5.02 Å². The first-order chi connectivity index (χ1) is 17.8. The Hall–Kier alpha value is -3.49. The third kappa shape index (κ3) is 4.91. The maximum atomic E-state index is 6.11. The fourth-order valence-corrected chi connectivity index (χ4v) is 5.23. The second kappa shape index (κ2) is 10.5. The summed E-state index contributed by atoms with van der Waals surface area (Å²) in [6.45, 7) is 0. The van der Waals surface area contributed by atoms with Crippen LogP contribution in [0.3, 0.4) is 0 Å². The maximum Gasteiger partial charge on any atom is 0.141 e. The number of rotatable bonds is 5. The molecule has 1 nitrogen and oxygen atoms in total. The van der Waals surface area contributed by atoms with Gasteiger partial charge < -0.3 is 4.90 Å². The summed E-state index contributed by atoms with van der Waals surface area (Å²) in [5.74, 6) is 0. The van der Waals surface area contributed by atoms with E-state index in [1.165, 1.54) is 49.7 Å². The number of anilines is 3. The van der Waals surface area contributed by atoms with E-state index in [0.29, 0.717) is 0 Å². The molecule has 5 rings (SSSR count). The Morgan fingerprint density at radius 2 is 0.757 bits per heavy atom. The third-order valence-electron chi connectivity index (χ3n) is 7.72. The van der Waals surface area contributed by atoms with Crippen LogP contribution < -0.4 is 32.2 Å². The molecule has 0 bridgehead atoms. The Labute approximate surface area is 229 Å². The zero-order chi connectivity index (χ0) is 26.1. The Kier molecular flexibility index (Phi) is 7.13. The van der Waals surface area contributed by atoms with Crippen molar-refractivity contribution >= 4 is 95.2 Å². The Morgan fingerprint density at radius 3 is 1.19 bits per heavy atom. The second-order valence-electron chi connectivity index (χ2n) is 9.78. The van der Waals surface area contributed by atoms with Gasteiger partial charge in [0.2, 0.25) is 0 Å². The molecule has 5 aromatic carbocycles. The predicted molar refractivity (Wildman–Crippen MR) is 178 cm³/mol. The molecule has 37 heavy (non-hydrogen) atoms. The van der Waals surface area contributed by atoms with Crippen LogP contribution in [0.1, 0.15) is 0 Å². The second-order valence-corrected chi connectivity index (χ2v) is 10.2. The average molecular weight is 491 g/mol. The van der Waals surface area contributed by atoms with E-state index in [-0.39, 0.29) is 0 Å². The van der Waals surface area contributed by atoms with Gasteiger partial charge in [-0.25, -0.2) is 0 Å². The Morgan fingerprint density at radius 1 is 0.405 bits per heavy atom. The topological polar surface area (TPSA) is 3.24 Å². The number of nitrogens with zero attached hydrogens (tertiary/aromatic N) is 1. The lowest BCUT2D eigenvalue weighted by molar-refractivity contribution is 1.31. The Bertz CT molecular complexity index is 1520. The predicted octanol–water partition coefficient (Wildman–Crippen LogP) is 0.436. The van der Waals surface area contributed by atoms with Gasteiger partial charge in [-0.3, -0.25) is 0 Å². The molecule has 0 aliphatic carbocycles. The molecule has 0 atom stereocenters. The summed E-state index contributed by atoms with van der Waals surface area (Å²) in [6, 6.07) is 36.3. The molecular formula is C30H27B5ClN. The van der Waals surface area contributed by atoms with Crippen molar-refractivity contribution in [1.29, 1.82) is 0 Å². The highest BCUT2D eigenvalue weighted by Crippen LogP contribution is 2.35. The molecule has 0 aliphatic heterocycles. The smallest absolute Gasteiger partial charge is 0.141 e. The molecule has 5 aromatic rings. The van der Waals surface area contributed by atoms with Gasteiger partial charge in [0.25, 0.3) is 0 Å². The van der Waals surface area contributed by atoms with Crippen molar-refractivity contribution in [2.24, 2.45) is 0 Å². The van der Waals surface area contributed by atoms with Crippen LogP contribution in [0.5, 0.6) is 0 Å². The van der Waals surface area contributed by atoms with Crippen molar-refractivity contribution in [1.82, 2.24) is 0 Å². The standard InChI is InChI=1S/C30H27B5ClN/c31-25-26(32)28(34)30(29(35)27(25)33)37(23-14-8-20(9-15-23)18-4-2-1-3-5-18)24-16-10-21(11-17-24)19-6-12-22(36)13-7-19/h1-17H,31-35H2. The van der Waals surface area contributed by atoms with Gasteiger partial charge in [-0.1, -0.05) is 100 Å². The lowest BCUT2D eigenvalue weighted by atomic mass is 9.61. The molecule has 0 N–H and O–H groups in total. The van der Waals surface area contributed by atoms with Gasteiger partial charge in [0.15, 0.2) is 0 Å². The number of benzene rings is 5. The highest BCUT2D eigenvalue weighted by molar-refractivity contribution is 6.69. The van der Waals surface area contributed by atoms with Crippen LogP contribution in [0.15, 0.2) is 103 Å². The molecule has 0 aliphatic rings. The van der Waals surface area contributed by atoms with Gasteiger partial charge in [-0.2, -0.15) is 0 Å². The minimum absolute atomic E-state index is 0.751. The highest BCUT2D eigenvalue weighted by atomic mass is 35.5. The van der Waals surface area contributed by atoms with Gasteiger partial charge in [0.05, 0.1) is 0 Å². The van der Waals surface area contributed by atoms with E-state index < -0.39 is 0 Å². The molecule has 0 aromatic heterocycles. The van der Waals surface area contributed by atoms with Crippen LogP contribution in [0.4, 0.5) is 17.1 Å². The fraction of sp³-hybridized carbons (Fsp3) is 0. The van der Waals surface area contributed by atoms with E-state index in [1.54, 1.807) is 0 Å². The minimum Gasteiger partial charge on any atom is -0.312 e. The van der Waals surface area contributed by atoms with E-state index in [4.69, 9.17) is 11.6 Å². The van der Waals surface area contributed by atoms with Crippen molar-refractivity contribution in [2.75, 3.05) is 4.90 Å². The monoisotopic (exact) mass is 491 g/mol. The van der Waals surface area contributed by atoms with Crippen LogP contribution in [0.25, 0.3) is 22.3 Å². The normalized spacial score (nSPS) is 10.8. The first-order valence-corrected chi connectivity index (χ1v) is 13.1. The average Bonchev–Trinajstić information content (AvgIpc) is 2.94. The molecule has 174 valence electrons. The van der Waals surface area contributed by atoms with Crippen LogP contribution in [-0.4, -0.2) is 39.2 Å². The molecule has 7 heteroatoms. The molecule has 0 radical (unpaired) electrons. The van der Waals surface area contributed by atoms with Crippen LogP contribution >= 0.6 is 11.6 Å². The molecule has 0 amide bonds. The van der Waals surface area contributed by atoms with E-state index in [0.717, 1.165) is 22.0 Å². The van der Waals surface area contributed by atoms with E-state index in [2.05, 4.69) is 135 Å². The molecule has 0 fully saturated rings. The SMILES string of the molecule is Bc1c(B)c(B)c(N(c2ccc(-c3ccccc3)cc2)c2ccc(-c3ccc(Cl)cc3)cc2)c(B)c1B. The van der Waals surface area contributed by atoms with E-state index in [9.17, 15) is 0 Å². The zero-order valence-corrected chi connectivity index (χ0v) is 22.9. The van der Waals surface area contributed by atoms with Gasteiger partial charge in [0, 0.05) is 22.1 Å².